The molecule has 17 heavy (non-hydrogen) atoms. The first-order chi connectivity index (χ1) is 8.22. The van der Waals surface area contributed by atoms with Gasteiger partial charge in [0.25, 0.3) is 0 Å². The zero-order valence-electron chi connectivity index (χ0n) is 11.0. The van der Waals surface area contributed by atoms with Gasteiger partial charge in [-0.3, -0.25) is 4.79 Å². The Hall–Kier alpha value is -0.610. The lowest BCUT2D eigenvalue weighted by Crippen LogP contribution is -2.45. The van der Waals surface area contributed by atoms with Gasteiger partial charge >= 0.3 is 0 Å². The second-order valence-corrected chi connectivity index (χ2v) is 5.43. The van der Waals surface area contributed by atoms with Gasteiger partial charge in [0.2, 0.25) is 5.91 Å². The van der Waals surface area contributed by atoms with E-state index in [9.17, 15) is 4.79 Å². The maximum Gasteiger partial charge on any atom is 0.237 e. The summed E-state index contributed by atoms with van der Waals surface area (Å²) in [7, 11) is 2.08. The summed E-state index contributed by atoms with van der Waals surface area (Å²) >= 11 is 0. The summed E-state index contributed by atoms with van der Waals surface area (Å²) in [6.07, 6.45) is 3.84. The average Bonchev–Trinajstić information content (AvgIpc) is 2.89. The lowest BCUT2D eigenvalue weighted by Gasteiger charge is -2.19. The molecule has 0 spiro atoms. The largest absolute Gasteiger partial charge is 0.353 e. The van der Waals surface area contributed by atoms with Gasteiger partial charge in [0.15, 0.2) is 0 Å². The second kappa shape index (κ2) is 5.83. The van der Waals surface area contributed by atoms with Crippen molar-refractivity contribution in [1.82, 2.24) is 15.5 Å². The van der Waals surface area contributed by atoms with Gasteiger partial charge < -0.3 is 15.5 Å². The molecule has 0 aromatic rings. The molecule has 2 fully saturated rings. The van der Waals surface area contributed by atoms with Crippen LogP contribution in [0.1, 0.15) is 26.2 Å². The Kier molecular flexibility index (Phi) is 4.40. The van der Waals surface area contributed by atoms with E-state index in [1.54, 1.807) is 0 Å². The van der Waals surface area contributed by atoms with Crippen LogP contribution in [0.5, 0.6) is 0 Å². The molecular formula is C13H25N3O. The third-order valence-electron chi connectivity index (χ3n) is 4.36. The van der Waals surface area contributed by atoms with Crippen molar-refractivity contribution in [3.05, 3.63) is 0 Å². The van der Waals surface area contributed by atoms with Gasteiger partial charge in [0.1, 0.15) is 0 Å². The van der Waals surface area contributed by atoms with Crippen LogP contribution in [0.15, 0.2) is 0 Å². The minimum atomic E-state index is 0.0782. The minimum absolute atomic E-state index is 0.0782. The number of hydrogen-bond acceptors (Lipinski definition) is 3. The highest BCUT2D eigenvalue weighted by Gasteiger charge is 2.42. The molecule has 2 aliphatic rings. The summed E-state index contributed by atoms with van der Waals surface area (Å²) in [6.45, 7) is 5.89. The Morgan fingerprint density at radius 2 is 2.29 bits per heavy atom. The van der Waals surface area contributed by atoms with Crippen LogP contribution in [0.3, 0.4) is 0 Å². The standard InChI is InChI=1S/C13H25N3O/c1-3-16(2)8-7-14-13(17)12-11-6-4-5-10(11)9-15-12/h10-12,15H,3-9H2,1-2H3,(H,14,17). The molecule has 3 unspecified atom stereocenters. The van der Waals surface area contributed by atoms with Crippen LogP contribution in [-0.4, -0.2) is 50.1 Å². The predicted molar refractivity (Wildman–Crippen MR) is 68.8 cm³/mol. The number of rotatable bonds is 5. The zero-order valence-corrected chi connectivity index (χ0v) is 11.0. The van der Waals surface area contributed by atoms with Gasteiger partial charge in [-0.25, -0.2) is 0 Å². The van der Waals surface area contributed by atoms with E-state index < -0.39 is 0 Å². The third-order valence-corrected chi connectivity index (χ3v) is 4.36. The van der Waals surface area contributed by atoms with Crippen molar-refractivity contribution < 1.29 is 4.79 Å². The topological polar surface area (TPSA) is 44.4 Å². The lowest BCUT2D eigenvalue weighted by atomic mass is 9.94. The number of likely N-dealkylation sites (N-methyl/N-ethyl adjacent to an activating group) is 1. The molecule has 4 heteroatoms. The van der Waals surface area contributed by atoms with Crippen molar-refractivity contribution in [2.45, 2.75) is 32.2 Å². The van der Waals surface area contributed by atoms with Crippen LogP contribution in [0.4, 0.5) is 0 Å². The first-order valence-electron chi connectivity index (χ1n) is 6.92. The minimum Gasteiger partial charge on any atom is -0.353 e. The molecule has 2 N–H and O–H groups in total. The van der Waals surface area contributed by atoms with Crippen LogP contribution < -0.4 is 10.6 Å². The smallest absolute Gasteiger partial charge is 0.237 e. The van der Waals surface area contributed by atoms with Crippen LogP contribution >= 0.6 is 0 Å². The first-order valence-corrected chi connectivity index (χ1v) is 6.92. The Morgan fingerprint density at radius 3 is 3.06 bits per heavy atom. The Bertz CT molecular complexity index is 269. The fourth-order valence-corrected chi connectivity index (χ4v) is 3.11. The Labute approximate surface area is 104 Å². The molecule has 1 heterocycles. The van der Waals surface area contributed by atoms with Crippen molar-refractivity contribution in [3.63, 3.8) is 0 Å². The number of amides is 1. The fourth-order valence-electron chi connectivity index (χ4n) is 3.11. The summed E-state index contributed by atoms with van der Waals surface area (Å²) in [5.74, 6) is 1.56. The van der Waals surface area contributed by atoms with Crippen molar-refractivity contribution in [3.8, 4) is 0 Å². The van der Waals surface area contributed by atoms with Crippen molar-refractivity contribution in [1.29, 1.82) is 0 Å². The maximum atomic E-state index is 12.1. The highest BCUT2D eigenvalue weighted by Crippen LogP contribution is 2.37. The summed E-state index contributed by atoms with van der Waals surface area (Å²) in [6, 6.07) is 0.0782. The molecule has 1 aliphatic carbocycles. The van der Waals surface area contributed by atoms with Gasteiger partial charge in [-0.1, -0.05) is 13.3 Å². The second-order valence-electron chi connectivity index (χ2n) is 5.43. The quantitative estimate of drug-likeness (QED) is 0.732. The third kappa shape index (κ3) is 2.99. The number of fused-ring (bicyclic) bond motifs is 1. The van der Waals surface area contributed by atoms with E-state index in [0.29, 0.717) is 5.92 Å². The van der Waals surface area contributed by atoms with Crippen molar-refractivity contribution in [2.24, 2.45) is 11.8 Å². The molecule has 0 radical (unpaired) electrons. The van der Waals surface area contributed by atoms with E-state index in [1.807, 2.05) is 0 Å². The predicted octanol–water partition coefficient (Wildman–Crippen LogP) is 0.442. The van der Waals surface area contributed by atoms with E-state index in [-0.39, 0.29) is 11.9 Å². The number of carbonyl (C=O) groups excluding carboxylic acids is 1. The number of nitrogens with zero attached hydrogens (tertiary/aromatic N) is 1. The Morgan fingerprint density at radius 1 is 1.47 bits per heavy atom. The number of nitrogens with one attached hydrogen (secondary N) is 2. The van der Waals surface area contributed by atoms with E-state index in [4.69, 9.17) is 0 Å². The van der Waals surface area contributed by atoms with Gasteiger partial charge in [0, 0.05) is 13.1 Å². The molecule has 1 aliphatic heterocycles. The summed E-state index contributed by atoms with van der Waals surface area (Å²) < 4.78 is 0. The molecule has 98 valence electrons. The number of hydrogen-bond donors (Lipinski definition) is 2. The monoisotopic (exact) mass is 239 g/mol. The Balaban J connectivity index is 1.73. The highest BCUT2D eigenvalue weighted by atomic mass is 16.2. The molecule has 0 bridgehead atoms. The molecule has 1 saturated heterocycles. The van der Waals surface area contributed by atoms with Gasteiger partial charge in [0.05, 0.1) is 6.04 Å². The summed E-state index contributed by atoms with van der Waals surface area (Å²) in [5.41, 5.74) is 0. The zero-order chi connectivity index (χ0) is 12.3. The van der Waals surface area contributed by atoms with Crippen LogP contribution in [0, 0.1) is 11.8 Å². The van der Waals surface area contributed by atoms with E-state index >= 15 is 0 Å². The van der Waals surface area contributed by atoms with Gasteiger partial charge in [-0.15, -0.1) is 0 Å². The average molecular weight is 239 g/mol. The van der Waals surface area contributed by atoms with Crippen LogP contribution in [-0.2, 0) is 4.79 Å². The number of carbonyl (C=O) groups is 1. The molecule has 3 atom stereocenters. The SMILES string of the molecule is CCN(C)CCNC(=O)C1NCC2CCCC21. The maximum absolute atomic E-state index is 12.1. The molecule has 1 saturated carbocycles. The molecule has 2 rings (SSSR count). The molecule has 1 amide bonds. The van der Waals surface area contributed by atoms with Crippen LogP contribution in [0.2, 0.25) is 0 Å². The normalized spacial score (nSPS) is 31.8. The van der Waals surface area contributed by atoms with E-state index in [1.165, 1.54) is 19.3 Å². The lowest BCUT2D eigenvalue weighted by molar-refractivity contribution is -0.123. The van der Waals surface area contributed by atoms with Gasteiger partial charge in [-0.05, 0) is 44.8 Å². The van der Waals surface area contributed by atoms with E-state index in [2.05, 4.69) is 29.5 Å². The summed E-state index contributed by atoms with van der Waals surface area (Å²) in [4.78, 5) is 14.3. The van der Waals surface area contributed by atoms with Crippen molar-refractivity contribution >= 4 is 5.91 Å². The highest BCUT2D eigenvalue weighted by molar-refractivity contribution is 5.82. The van der Waals surface area contributed by atoms with E-state index in [0.717, 1.165) is 32.1 Å². The molecular weight excluding hydrogens is 214 g/mol. The molecule has 0 aromatic carbocycles. The molecule has 4 nitrogen and oxygen atoms in total. The fraction of sp³-hybridized carbons (Fsp3) is 0.923. The molecule has 0 aromatic heterocycles. The summed E-state index contributed by atoms with van der Waals surface area (Å²) in [5, 5.41) is 6.44. The van der Waals surface area contributed by atoms with Crippen LogP contribution in [0.25, 0.3) is 0 Å². The van der Waals surface area contributed by atoms with Gasteiger partial charge in [-0.2, -0.15) is 0 Å². The first kappa shape index (κ1) is 12.8. The van der Waals surface area contributed by atoms with Crippen molar-refractivity contribution in [2.75, 3.05) is 33.2 Å².